The Morgan fingerprint density at radius 3 is 2.39 bits per heavy atom. The molecule has 0 aliphatic carbocycles. The zero-order valence-corrected chi connectivity index (χ0v) is 21.1. The number of hydrogen-bond donors (Lipinski definition) is 1. The van der Waals surface area contributed by atoms with Gasteiger partial charge in [-0.05, 0) is 67.6 Å². The molecule has 1 aliphatic rings. The number of nitrogens with one attached hydrogen (secondary N) is 1. The van der Waals surface area contributed by atoms with Crippen molar-refractivity contribution >= 4 is 16.0 Å². The highest BCUT2D eigenvalue weighted by Crippen LogP contribution is 2.25. The first-order valence-corrected chi connectivity index (χ1v) is 13.5. The maximum atomic E-state index is 13.2. The molecular formula is C28H31FN2O4S. The average molecular weight is 511 g/mol. The van der Waals surface area contributed by atoms with Crippen LogP contribution in [-0.4, -0.2) is 45.0 Å². The summed E-state index contributed by atoms with van der Waals surface area (Å²) in [6.07, 6.45) is 1.57. The van der Waals surface area contributed by atoms with Gasteiger partial charge in [0.15, 0.2) is 0 Å². The van der Waals surface area contributed by atoms with E-state index in [9.17, 15) is 17.6 Å². The summed E-state index contributed by atoms with van der Waals surface area (Å²) in [4.78, 5) is 15.0. The van der Waals surface area contributed by atoms with Crippen LogP contribution in [0.4, 0.5) is 4.39 Å². The smallest absolute Gasteiger partial charge is 0.296 e. The standard InChI is InChI=1S/C28H31FN2O4S/c1-21-7-15-27(16-8-21)36(33,34)35-20-23-9-14-26(31(19-23)18-22-5-3-2-4-6-22)17-30-28(32)24-10-12-25(29)13-11-24/h2-8,10-13,15-16,23,26H,9,14,17-20H2,1H3,(H,30,32)/t23-,26+/m1/s1. The number of amides is 1. The van der Waals surface area contributed by atoms with Gasteiger partial charge in [-0.1, -0.05) is 48.0 Å². The monoisotopic (exact) mass is 510 g/mol. The van der Waals surface area contributed by atoms with E-state index in [2.05, 4.69) is 22.3 Å². The number of piperidine rings is 1. The third-order valence-corrected chi connectivity index (χ3v) is 7.81. The normalized spacial score (nSPS) is 18.6. The van der Waals surface area contributed by atoms with Crippen molar-refractivity contribution in [1.29, 1.82) is 0 Å². The first-order valence-electron chi connectivity index (χ1n) is 12.1. The number of carbonyl (C=O) groups is 1. The first-order chi connectivity index (χ1) is 17.3. The molecule has 1 amide bonds. The summed E-state index contributed by atoms with van der Waals surface area (Å²) in [6, 6.07) is 22.2. The molecule has 6 nitrogen and oxygen atoms in total. The van der Waals surface area contributed by atoms with Gasteiger partial charge < -0.3 is 5.32 Å². The van der Waals surface area contributed by atoms with E-state index in [4.69, 9.17) is 4.18 Å². The molecule has 8 heteroatoms. The molecule has 1 aliphatic heterocycles. The molecule has 1 N–H and O–H groups in total. The fraction of sp³-hybridized carbons (Fsp3) is 0.321. The van der Waals surface area contributed by atoms with E-state index in [-0.39, 0.29) is 35.2 Å². The number of nitrogens with zero attached hydrogens (tertiary/aromatic N) is 1. The van der Waals surface area contributed by atoms with E-state index in [1.165, 1.54) is 24.3 Å². The summed E-state index contributed by atoms with van der Waals surface area (Å²) in [5.74, 6) is -0.590. The zero-order valence-electron chi connectivity index (χ0n) is 20.3. The Balaban J connectivity index is 1.39. The molecule has 4 rings (SSSR count). The Morgan fingerprint density at radius 2 is 1.69 bits per heavy atom. The molecule has 2 atom stereocenters. The maximum Gasteiger partial charge on any atom is 0.296 e. The van der Waals surface area contributed by atoms with Gasteiger partial charge in [0.2, 0.25) is 0 Å². The number of benzene rings is 3. The minimum Gasteiger partial charge on any atom is -0.350 e. The van der Waals surface area contributed by atoms with Crippen molar-refractivity contribution in [1.82, 2.24) is 10.2 Å². The molecule has 3 aromatic carbocycles. The summed E-state index contributed by atoms with van der Waals surface area (Å²) in [5.41, 5.74) is 2.53. The molecule has 0 spiro atoms. The molecule has 0 unspecified atom stereocenters. The topological polar surface area (TPSA) is 75.7 Å². The van der Waals surface area contributed by atoms with Crippen LogP contribution in [0.3, 0.4) is 0 Å². The van der Waals surface area contributed by atoms with E-state index >= 15 is 0 Å². The SMILES string of the molecule is Cc1ccc(S(=O)(=O)OC[C@@H]2CC[C@@H](CNC(=O)c3ccc(F)cc3)N(Cc3ccccc3)C2)cc1. The summed E-state index contributed by atoms with van der Waals surface area (Å²) in [6.45, 7) is 3.78. The maximum absolute atomic E-state index is 13.2. The van der Waals surface area contributed by atoms with Gasteiger partial charge in [0.05, 0.1) is 11.5 Å². The van der Waals surface area contributed by atoms with Crippen LogP contribution in [0.25, 0.3) is 0 Å². The molecule has 1 fully saturated rings. The number of likely N-dealkylation sites (tertiary alicyclic amines) is 1. The summed E-state index contributed by atoms with van der Waals surface area (Å²) in [7, 11) is -3.82. The lowest BCUT2D eigenvalue weighted by atomic mass is 9.92. The van der Waals surface area contributed by atoms with Crippen LogP contribution in [-0.2, 0) is 20.8 Å². The summed E-state index contributed by atoms with van der Waals surface area (Å²) in [5, 5.41) is 2.97. The zero-order chi connectivity index (χ0) is 25.5. The second kappa shape index (κ2) is 11.8. The van der Waals surface area contributed by atoms with Crippen LogP contribution in [0, 0.1) is 18.7 Å². The van der Waals surface area contributed by atoms with Crippen molar-refractivity contribution < 1.29 is 21.8 Å². The highest BCUT2D eigenvalue weighted by atomic mass is 32.2. The first kappa shape index (κ1) is 26.0. The Hall–Kier alpha value is -3.07. The van der Waals surface area contributed by atoms with Gasteiger partial charge in [-0.15, -0.1) is 0 Å². The number of aryl methyl sites for hydroxylation is 1. The molecule has 0 aromatic heterocycles. The van der Waals surface area contributed by atoms with Gasteiger partial charge in [-0.25, -0.2) is 4.39 Å². The Bertz CT molecular complexity index is 1250. The van der Waals surface area contributed by atoms with Crippen LogP contribution in [0.1, 0.15) is 34.3 Å². The van der Waals surface area contributed by atoms with E-state index in [1.54, 1.807) is 24.3 Å². The van der Waals surface area contributed by atoms with Gasteiger partial charge in [-0.2, -0.15) is 8.42 Å². The number of carbonyl (C=O) groups excluding carboxylic acids is 1. The van der Waals surface area contributed by atoms with Crippen LogP contribution in [0.15, 0.2) is 83.8 Å². The molecule has 0 saturated carbocycles. The highest BCUT2D eigenvalue weighted by molar-refractivity contribution is 7.86. The van der Waals surface area contributed by atoms with Gasteiger partial charge in [0, 0.05) is 31.2 Å². The van der Waals surface area contributed by atoms with Crippen LogP contribution in [0.2, 0.25) is 0 Å². The van der Waals surface area contributed by atoms with E-state index in [1.807, 2.05) is 25.1 Å². The van der Waals surface area contributed by atoms with E-state index < -0.39 is 10.1 Å². The van der Waals surface area contributed by atoms with Gasteiger partial charge >= 0.3 is 0 Å². The molecule has 190 valence electrons. The predicted molar refractivity (Wildman–Crippen MR) is 136 cm³/mol. The number of hydrogen-bond acceptors (Lipinski definition) is 5. The second-order valence-corrected chi connectivity index (χ2v) is 10.9. The van der Waals surface area contributed by atoms with Gasteiger partial charge in [0.1, 0.15) is 5.82 Å². The lowest BCUT2D eigenvalue weighted by Gasteiger charge is -2.39. The minimum atomic E-state index is -3.82. The molecule has 0 bridgehead atoms. The van der Waals surface area contributed by atoms with E-state index in [0.717, 1.165) is 24.0 Å². The van der Waals surface area contributed by atoms with Crippen molar-refractivity contribution in [2.75, 3.05) is 19.7 Å². The molecule has 1 saturated heterocycles. The summed E-state index contributed by atoms with van der Waals surface area (Å²) < 4.78 is 43.9. The molecular weight excluding hydrogens is 479 g/mol. The van der Waals surface area contributed by atoms with Crippen molar-refractivity contribution in [2.45, 2.75) is 37.2 Å². The predicted octanol–water partition coefficient (Wildman–Crippen LogP) is 4.55. The minimum absolute atomic E-state index is 0.0398. The van der Waals surface area contributed by atoms with Crippen LogP contribution < -0.4 is 5.32 Å². The largest absolute Gasteiger partial charge is 0.350 e. The van der Waals surface area contributed by atoms with Gasteiger partial charge in [0.25, 0.3) is 16.0 Å². The quantitative estimate of drug-likeness (QED) is 0.428. The average Bonchev–Trinajstić information content (AvgIpc) is 2.88. The Morgan fingerprint density at radius 1 is 1.00 bits per heavy atom. The highest BCUT2D eigenvalue weighted by Gasteiger charge is 2.30. The van der Waals surface area contributed by atoms with Gasteiger partial charge in [-0.3, -0.25) is 13.9 Å². The fourth-order valence-electron chi connectivity index (χ4n) is 4.43. The van der Waals surface area contributed by atoms with Crippen molar-refractivity contribution in [3.8, 4) is 0 Å². The molecule has 1 heterocycles. The van der Waals surface area contributed by atoms with E-state index in [0.29, 0.717) is 25.2 Å². The molecule has 0 radical (unpaired) electrons. The lowest BCUT2D eigenvalue weighted by Crippen LogP contribution is -2.49. The fourth-order valence-corrected chi connectivity index (χ4v) is 5.41. The van der Waals surface area contributed by atoms with Crippen molar-refractivity contribution in [2.24, 2.45) is 5.92 Å². The Labute approximate surface area is 212 Å². The molecule has 3 aromatic rings. The van der Waals surface area contributed by atoms with Crippen LogP contribution in [0.5, 0.6) is 0 Å². The number of halogens is 1. The van der Waals surface area contributed by atoms with Crippen LogP contribution >= 0.6 is 0 Å². The lowest BCUT2D eigenvalue weighted by molar-refractivity contribution is 0.0711. The van der Waals surface area contributed by atoms with Crippen molar-refractivity contribution in [3.63, 3.8) is 0 Å². The molecule has 36 heavy (non-hydrogen) atoms. The summed E-state index contributed by atoms with van der Waals surface area (Å²) >= 11 is 0. The third-order valence-electron chi connectivity index (χ3n) is 6.52. The Kier molecular flexibility index (Phi) is 8.51. The van der Waals surface area contributed by atoms with Crippen molar-refractivity contribution in [3.05, 3.63) is 101 Å². The number of rotatable bonds is 9. The third kappa shape index (κ3) is 7.00. The second-order valence-electron chi connectivity index (χ2n) is 9.28.